The number of carbonyl (C=O) groups excluding carboxylic acids is 1. The van der Waals surface area contributed by atoms with Crippen LogP contribution in [-0.4, -0.2) is 56.1 Å². The molecule has 0 radical (unpaired) electrons. The zero-order valence-electron chi connectivity index (χ0n) is 19.9. The number of thiazole rings is 1. The van der Waals surface area contributed by atoms with E-state index in [1.807, 2.05) is 26.0 Å². The maximum atomic E-state index is 13.3. The van der Waals surface area contributed by atoms with Gasteiger partial charge < -0.3 is 4.90 Å². The molecular weight excluding hydrogens is 513 g/mol. The first-order valence-corrected chi connectivity index (χ1v) is 13.9. The van der Waals surface area contributed by atoms with E-state index in [-0.39, 0.29) is 35.4 Å². The smallest absolute Gasteiger partial charge is 0.229 e. The topological polar surface area (TPSA) is 70.6 Å². The summed E-state index contributed by atoms with van der Waals surface area (Å²) >= 11 is 7.75. The fraction of sp³-hybridized carbons (Fsp3) is 0.417. The standard InChI is InChI=1S/C24H30ClN3O3S2.ClH/c1-5-27(6-2)14-15-28(24-26-22-18(4)9-12-20(25)23(22)32-24)21(29)13-16-33(30,31)19-10-7-17(3)8-11-19;/h7-12H,5-6,13-16H2,1-4H3;1H. The number of benzene rings is 2. The van der Waals surface area contributed by atoms with E-state index in [9.17, 15) is 13.2 Å². The first-order valence-electron chi connectivity index (χ1n) is 11.0. The number of carbonyl (C=O) groups is 1. The molecule has 34 heavy (non-hydrogen) atoms. The van der Waals surface area contributed by atoms with E-state index in [1.165, 1.54) is 11.3 Å². The number of aromatic nitrogens is 1. The Morgan fingerprint density at radius 2 is 1.68 bits per heavy atom. The lowest BCUT2D eigenvalue weighted by Crippen LogP contribution is -2.39. The molecule has 0 saturated heterocycles. The Kier molecular flexibility index (Phi) is 10.3. The second-order valence-electron chi connectivity index (χ2n) is 7.99. The third-order valence-electron chi connectivity index (χ3n) is 5.72. The van der Waals surface area contributed by atoms with Gasteiger partial charge >= 0.3 is 0 Å². The first kappa shape index (κ1) is 28.5. The van der Waals surface area contributed by atoms with Gasteiger partial charge in [0.15, 0.2) is 15.0 Å². The molecule has 2 aromatic carbocycles. The molecule has 1 aromatic heterocycles. The molecule has 0 aliphatic carbocycles. The molecule has 0 fully saturated rings. The first-order chi connectivity index (χ1) is 15.7. The van der Waals surface area contributed by atoms with Crippen molar-refractivity contribution in [3.8, 4) is 0 Å². The van der Waals surface area contributed by atoms with E-state index in [0.717, 1.165) is 34.4 Å². The summed E-state index contributed by atoms with van der Waals surface area (Å²) in [4.78, 5) is 22.1. The highest BCUT2D eigenvalue weighted by Crippen LogP contribution is 2.35. The Bertz CT molecular complexity index is 1190. The number of nitrogens with zero attached hydrogens (tertiary/aromatic N) is 3. The highest BCUT2D eigenvalue weighted by molar-refractivity contribution is 7.91. The molecule has 1 amide bonds. The van der Waals surface area contributed by atoms with Crippen molar-refractivity contribution in [3.05, 3.63) is 52.5 Å². The van der Waals surface area contributed by atoms with Crippen LogP contribution in [0.5, 0.6) is 0 Å². The van der Waals surface area contributed by atoms with Gasteiger partial charge in [-0.25, -0.2) is 13.4 Å². The van der Waals surface area contributed by atoms with Crippen molar-refractivity contribution in [2.75, 3.05) is 36.8 Å². The fourth-order valence-electron chi connectivity index (χ4n) is 3.53. The predicted octanol–water partition coefficient (Wildman–Crippen LogP) is 5.53. The summed E-state index contributed by atoms with van der Waals surface area (Å²) in [6.45, 7) is 10.8. The zero-order chi connectivity index (χ0) is 24.2. The quantitative estimate of drug-likeness (QED) is 0.336. The molecule has 10 heteroatoms. The second-order valence-corrected chi connectivity index (χ2v) is 11.5. The number of halogens is 2. The number of sulfone groups is 1. The molecule has 0 atom stereocenters. The third kappa shape index (κ3) is 6.70. The van der Waals surface area contributed by atoms with E-state index in [1.54, 1.807) is 29.2 Å². The molecule has 0 bridgehead atoms. The molecule has 1 heterocycles. The largest absolute Gasteiger partial charge is 0.302 e. The number of amides is 1. The van der Waals surface area contributed by atoms with Crippen molar-refractivity contribution in [3.63, 3.8) is 0 Å². The van der Waals surface area contributed by atoms with Crippen LogP contribution >= 0.6 is 35.3 Å². The van der Waals surface area contributed by atoms with E-state index < -0.39 is 9.84 Å². The van der Waals surface area contributed by atoms with Crippen LogP contribution in [0.15, 0.2) is 41.3 Å². The lowest BCUT2D eigenvalue weighted by atomic mass is 10.2. The number of fused-ring (bicyclic) bond motifs is 1. The highest BCUT2D eigenvalue weighted by Gasteiger charge is 2.24. The molecule has 3 rings (SSSR count). The molecule has 0 aliphatic rings. The average molecular weight is 545 g/mol. The van der Waals surface area contributed by atoms with Gasteiger partial charge in [-0.1, -0.05) is 60.5 Å². The number of hydrogen-bond acceptors (Lipinski definition) is 6. The lowest BCUT2D eigenvalue weighted by molar-refractivity contribution is -0.118. The van der Waals surface area contributed by atoms with Gasteiger partial charge in [0.2, 0.25) is 5.91 Å². The van der Waals surface area contributed by atoms with Crippen LogP contribution in [0.3, 0.4) is 0 Å². The van der Waals surface area contributed by atoms with Crippen molar-refractivity contribution in [1.82, 2.24) is 9.88 Å². The minimum atomic E-state index is -3.56. The Morgan fingerprint density at radius 1 is 1.03 bits per heavy atom. The summed E-state index contributed by atoms with van der Waals surface area (Å²) in [6, 6.07) is 10.4. The van der Waals surface area contributed by atoms with Gasteiger partial charge in [-0.3, -0.25) is 9.69 Å². The number of anilines is 1. The number of aryl methyl sites for hydroxylation is 2. The van der Waals surface area contributed by atoms with Crippen molar-refractivity contribution >= 4 is 66.4 Å². The minimum absolute atomic E-state index is 0. The molecule has 0 aliphatic heterocycles. The highest BCUT2D eigenvalue weighted by atomic mass is 35.5. The Balaban J connectivity index is 0.00000408. The summed E-state index contributed by atoms with van der Waals surface area (Å²) in [5.41, 5.74) is 2.74. The summed E-state index contributed by atoms with van der Waals surface area (Å²) in [5, 5.41) is 1.14. The van der Waals surface area contributed by atoms with E-state index in [2.05, 4.69) is 18.7 Å². The van der Waals surface area contributed by atoms with Crippen molar-refractivity contribution in [2.24, 2.45) is 0 Å². The van der Waals surface area contributed by atoms with Crippen molar-refractivity contribution in [2.45, 2.75) is 39.0 Å². The molecule has 186 valence electrons. The van der Waals surface area contributed by atoms with Crippen LogP contribution < -0.4 is 4.90 Å². The SMILES string of the molecule is CCN(CC)CCN(C(=O)CCS(=O)(=O)c1ccc(C)cc1)c1nc2c(C)ccc(Cl)c2s1.Cl. The molecule has 3 aromatic rings. The summed E-state index contributed by atoms with van der Waals surface area (Å²) in [6.07, 6.45) is -0.114. The van der Waals surface area contributed by atoms with Gasteiger partial charge in [-0.2, -0.15) is 0 Å². The van der Waals surface area contributed by atoms with Crippen LogP contribution in [0.2, 0.25) is 5.02 Å². The number of hydrogen-bond donors (Lipinski definition) is 0. The maximum Gasteiger partial charge on any atom is 0.229 e. The molecular formula is C24H31Cl2N3O3S2. The van der Waals surface area contributed by atoms with Crippen molar-refractivity contribution < 1.29 is 13.2 Å². The van der Waals surface area contributed by atoms with Gasteiger partial charge in [0.1, 0.15) is 0 Å². The predicted molar refractivity (Wildman–Crippen MR) is 145 cm³/mol. The lowest BCUT2D eigenvalue weighted by Gasteiger charge is -2.24. The normalized spacial score (nSPS) is 11.6. The van der Waals surface area contributed by atoms with Gasteiger partial charge in [0, 0.05) is 19.5 Å². The molecule has 6 nitrogen and oxygen atoms in total. The fourth-order valence-corrected chi connectivity index (χ4v) is 6.12. The maximum absolute atomic E-state index is 13.3. The van der Waals surface area contributed by atoms with Gasteiger partial charge in [0.25, 0.3) is 0 Å². The van der Waals surface area contributed by atoms with Crippen LogP contribution in [0, 0.1) is 13.8 Å². The molecule has 0 N–H and O–H groups in total. The monoisotopic (exact) mass is 543 g/mol. The minimum Gasteiger partial charge on any atom is -0.302 e. The third-order valence-corrected chi connectivity index (χ3v) is 8.99. The number of rotatable bonds is 10. The van der Waals surface area contributed by atoms with Gasteiger partial charge in [0.05, 0.1) is 25.9 Å². The van der Waals surface area contributed by atoms with Crippen LogP contribution in [0.4, 0.5) is 5.13 Å². The van der Waals surface area contributed by atoms with Crippen LogP contribution in [0.1, 0.15) is 31.4 Å². The second kappa shape index (κ2) is 12.3. The van der Waals surface area contributed by atoms with E-state index in [4.69, 9.17) is 16.6 Å². The number of likely N-dealkylation sites (N-methyl/N-ethyl adjacent to an activating group) is 1. The summed E-state index contributed by atoms with van der Waals surface area (Å²) in [5.74, 6) is -0.507. The Labute approximate surface area is 217 Å². The molecule has 0 unspecified atom stereocenters. The average Bonchev–Trinajstić information content (AvgIpc) is 3.24. The van der Waals surface area contributed by atoms with Gasteiger partial charge in [-0.15, -0.1) is 12.4 Å². The van der Waals surface area contributed by atoms with E-state index in [0.29, 0.717) is 23.2 Å². The molecule has 0 spiro atoms. The van der Waals surface area contributed by atoms with Gasteiger partial charge in [-0.05, 0) is 50.7 Å². The summed E-state index contributed by atoms with van der Waals surface area (Å²) in [7, 11) is -3.56. The molecule has 0 saturated carbocycles. The Morgan fingerprint density at radius 3 is 2.26 bits per heavy atom. The zero-order valence-corrected chi connectivity index (χ0v) is 23.1. The van der Waals surface area contributed by atoms with Crippen LogP contribution in [-0.2, 0) is 14.6 Å². The Hall–Kier alpha value is -1.71. The van der Waals surface area contributed by atoms with E-state index >= 15 is 0 Å². The van der Waals surface area contributed by atoms with Crippen molar-refractivity contribution in [1.29, 1.82) is 0 Å². The summed E-state index contributed by atoms with van der Waals surface area (Å²) < 4.78 is 26.4. The van der Waals surface area contributed by atoms with Crippen LogP contribution in [0.25, 0.3) is 10.2 Å².